The molecule has 2 rings (SSSR count). The number of aliphatic hydroxyl groups is 2. The van der Waals surface area contributed by atoms with Gasteiger partial charge in [-0.2, -0.15) is 0 Å². The van der Waals surface area contributed by atoms with Gasteiger partial charge in [0.15, 0.2) is 0 Å². The third-order valence-corrected chi connectivity index (χ3v) is 4.47. The molecule has 0 saturated carbocycles. The summed E-state index contributed by atoms with van der Waals surface area (Å²) in [5, 5.41) is 36.0. The van der Waals surface area contributed by atoms with Crippen LogP contribution in [0.15, 0.2) is 54.6 Å². The van der Waals surface area contributed by atoms with Crippen molar-refractivity contribution in [3.8, 4) is 0 Å². The third-order valence-electron chi connectivity index (χ3n) is 4.47. The van der Waals surface area contributed by atoms with Crippen LogP contribution in [-0.4, -0.2) is 52.2 Å². The van der Waals surface area contributed by atoms with Gasteiger partial charge in [-0.05, 0) is 23.3 Å². The number of amides is 2. The van der Waals surface area contributed by atoms with E-state index in [9.17, 15) is 29.9 Å². The standard InChI is InChI=1S/C20H24N4O6/c21-11-18(26)22-16(10-13-4-2-1-3-5-13)20(28)23-17(12-25)19(27)14-6-8-15(9-7-14)24(29)30/h1-9,16-17,19,25,27H,10-12,21H2,(H,22,26)(H,23,28)/t16-,17+,19+/m0/s1. The molecule has 160 valence electrons. The van der Waals surface area contributed by atoms with Crippen molar-refractivity contribution >= 4 is 17.5 Å². The molecule has 0 fully saturated rings. The Morgan fingerprint density at radius 1 is 1.07 bits per heavy atom. The van der Waals surface area contributed by atoms with E-state index in [2.05, 4.69) is 10.6 Å². The van der Waals surface area contributed by atoms with Gasteiger partial charge in [-0.25, -0.2) is 0 Å². The number of non-ortho nitro benzene ring substituents is 1. The normalized spacial score (nSPS) is 13.7. The Morgan fingerprint density at radius 3 is 2.23 bits per heavy atom. The number of nitrogens with one attached hydrogen (secondary N) is 2. The molecule has 2 aromatic rings. The lowest BCUT2D eigenvalue weighted by molar-refractivity contribution is -0.384. The Balaban J connectivity index is 2.13. The highest BCUT2D eigenvalue weighted by Gasteiger charge is 2.27. The fraction of sp³-hybridized carbons (Fsp3) is 0.300. The number of carbonyl (C=O) groups excluding carboxylic acids is 2. The molecule has 10 heteroatoms. The van der Waals surface area contributed by atoms with Crippen LogP contribution in [0.4, 0.5) is 5.69 Å². The summed E-state index contributed by atoms with van der Waals surface area (Å²) in [4.78, 5) is 34.7. The molecule has 0 aliphatic carbocycles. The lowest BCUT2D eigenvalue weighted by Crippen LogP contribution is -2.53. The first-order valence-electron chi connectivity index (χ1n) is 9.22. The molecule has 0 saturated heterocycles. The number of benzene rings is 2. The van der Waals surface area contributed by atoms with E-state index in [1.807, 2.05) is 6.07 Å². The number of rotatable bonds is 10. The van der Waals surface area contributed by atoms with Crippen LogP contribution in [0.1, 0.15) is 17.2 Å². The third kappa shape index (κ3) is 6.34. The quantitative estimate of drug-likeness (QED) is 0.264. The number of aliphatic hydroxyl groups excluding tert-OH is 2. The molecular weight excluding hydrogens is 392 g/mol. The van der Waals surface area contributed by atoms with E-state index in [1.165, 1.54) is 24.3 Å². The molecule has 0 spiro atoms. The van der Waals surface area contributed by atoms with Crippen molar-refractivity contribution in [2.45, 2.75) is 24.6 Å². The van der Waals surface area contributed by atoms with E-state index < -0.39 is 41.5 Å². The van der Waals surface area contributed by atoms with Crippen LogP contribution in [0.2, 0.25) is 0 Å². The smallest absolute Gasteiger partial charge is 0.269 e. The van der Waals surface area contributed by atoms with Crippen molar-refractivity contribution in [2.24, 2.45) is 5.73 Å². The molecule has 0 aliphatic rings. The molecule has 10 nitrogen and oxygen atoms in total. The van der Waals surface area contributed by atoms with Gasteiger partial charge in [0.2, 0.25) is 11.8 Å². The number of nitrogens with two attached hydrogens (primary N) is 1. The Kier molecular flexibility index (Phi) is 8.41. The lowest BCUT2D eigenvalue weighted by atomic mass is 10.0. The van der Waals surface area contributed by atoms with E-state index >= 15 is 0 Å². The summed E-state index contributed by atoms with van der Waals surface area (Å²) in [6.07, 6.45) is -1.13. The van der Waals surface area contributed by atoms with Gasteiger partial charge in [-0.3, -0.25) is 19.7 Å². The molecule has 2 aromatic carbocycles. The predicted molar refractivity (Wildman–Crippen MR) is 108 cm³/mol. The second-order valence-corrected chi connectivity index (χ2v) is 6.61. The highest BCUT2D eigenvalue weighted by molar-refractivity contribution is 5.88. The SMILES string of the molecule is NCC(=O)N[C@@H](Cc1ccccc1)C(=O)N[C@H](CO)[C@H](O)c1ccc([N+](=O)[O-])cc1. The molecule has 0 bridgehead atoms. The zero-order valence-electron chi connectivity index (χ0n) is 16.1. The molecule has 0 aliphatic heterocycles. The first-order valence-corrected chi connectivity index (χ1v) is 9.22. The first kappa shape index (κ1) is 22.9. The summed E-state index contributed by atoms with van der Waals surface area (Å²) in [5.41, 5.74) is 6.26. The Morgan fingerprint density at radius 2 is 1.70 bits per heavy atom. The minimum absolute atomic E-state index is 0.150. The van der Waals surface area contributed by atoms with Gasteiger partial charge in [-0.1, -0.05) is 30.3 Å². The fourth-order valence-corrected chi connectivity index (χ4v) is 2.85. The van der Waals surface area contributed by atoms with Crippen molar-refractivity contribution in [3.05, 3.63) is 75.8 Å². The minimum Gasteiger partial charge on any atom is -0.394 e. The first-order chi connectivity index (χ1) is 14.3. The van der Waals surface area contributed by atoms with Crippen molar-refractivity contribution in [2.75, 3.05) is 13.2 Å². The molecule has 2 amide bonds. The van der Waals surface area contributed by atoms with Gasteiger partial charge < -0.3 is 26.6 Å². The maximum atomic E-state index is 12.8. The highest BCUT2D eigenvalue weighted by atomic mass is 16.6. The lowest BCUT2D eigenvalue weighted by Gasteiger charge is -2.26. The average Bonchev–Trinajstić information content (AvgIpc) is 2.77. The predicted octanol–water partition coefficient (Wildman–Crippen LogP) is -0.208. The van der Waals surface area contributed by atoms with Gasteiger partial charge in [0.1, 0.15) is 12.1 Å². The van der Waals surface area contributed by atoms with Crippen molar-refractivity contribution in [1.82, 2.24) is 10.6 Å². The maximum absolute atomic E-state index is 12.8. The summed E-state index contributed by atoms with van der Waals surface area (Å²) < 4.78 is 0. The summed E-state index contributed by atoms with van der Waals surface area (Å²) in [6, 6.07) is 12.1. The Hall–Kier alpha value is -3.34. The molecule has 0 unspecified atom stereocenters. The van der Waals surface area contributed by atoms with Gasteiger partial charge in [0.25, 0.3) is 5.69 Å². The minimum atomic E-state index is -1.32. The van der Waals surface area contributed by atoms with Crippen LogP contribution in [-0.2, 0) is 16.0 Å². The van der Waals surface area contributed by atoms with E-state index in [0.29, 0.717) is 0 Å². The molecule has 3 atom stereocenters. The number of nitro groups is 1. The van der Waals surface area contributed by atoms with Gasteiger partial charge >= 0.3 is 0 Å². The van der Waals surface area contributed by atoms with Crippen molar-refractivity contribution < 1.29 is 24.7 Å². The fourth-order valence-electron chi connectivity index (χ4n) is 2.85. The molecule has 0 radical (unpaired) electrons. The van der Waals surface area contributed by atoms with Crippen LogP contribution >= 0.6 is 0 Å². The van der Waals surface area contributed by atoms with E-state index in [4.69, 9.17) is 5.73 Å². The van der Waals surface area contributed by atoms with Crippen LogP contribution in [0.5, 0.6) is 0 Å². The summed E-state index contributed by atoms with van der Waals surface area (Å²) in [6.45, 7) is -0.889. The maximum Gasteiger partial charge on any atom is 0.269 e. The monoisotopic (exact) mass is 416 g/mol. The topological polar surface area (TPSA) is 168 Å². The number of hydrogen-bond donors (Lipinski definition) is 5. The number of nitro benzene ring substituents is 1. The van der Waals surface area contributed by atoms with Crippen LogP contribution < -0.4 is 16.4 Å². The van der Waals surface area contributed by atoms with E-state index in [-0.39, 0.29) is 24.2 Å². The molecule has 30 heavy (non-hydrogen) atoms. The average molecular weight is 416 g/mol. The number of carbonyl (C=O) groups is 2. The summed E-state index contributed by atoms with van der Waals surface area (Å²) in [7, 11) is 0. The molecule has 6 N–H and O–H groups in total. The molecular formula is C20H24N4O6. The number of nitrogens with zero attached hydrogens (tertiary/aromatic N) is 1. The van der Waals surface area contributed by atoms with Crippen LogP contribution in [0.25, 0.3) is 0 Å². The Labute approximate surface area is 172 Å². The second kappa shape index (κ2) is 11.0. The zero-order valence-corrected chi connectivity index (χ0v) is 16.1. The van der Waals surface area contributed by atoms with E-state index in [1.54, 1.807) is 24.3 Å². The van der Waals surface area contributed by atoms with Crippen molar-refractivity contribution in [1.29, 1.82) is 0 Å². The highest BCUT2D eigenvalue weighted by Crippen LogP contribution is 2.20. The largest absolute Gasteiger partial charge is 0.394 e. The van der Waals surface area contributed by atoms with Gasteiger partial charge in [0.05, 0.1) is 24.1 Å². The van der Waals surface area contributed by atoms with Gasteiger partial charge in [0, 0.05) is 18.6 Å². The summed E-state index contributed by atoms with van der Waals surface area (Å²) >= 11 is 0. The molecule has 0 aromatic heterocycles. The van der Waals surface area contributed by atoms with E-state index in [0.717, 1.165) is 5.56 Å². The van der Waals surface area contributed by atoms with Crippen LogP contribution in [0, 0.1) is 10.1 Å². The molecule has 0 heterocycles. The summed E-state index contributed by atoms with van der Waals surface area (Å²) in [5.74, 6) is -1.14. The number of hydrogen-bond acceptors (Lipinski definition) is 7. The Bertz CT molecular complexity index is 859. The second-order valence-electron chi connectivity index (χ2n) is 6.61. The van der Waals surface area contributed by atoms with Crippen molar-refractivity contribution in [3.63, 3.8) is 0 Å². The zero-order chi connectivity index (χ0) is 22.1. The van der Waals surface area contributed by atoms with Crippen LogP contribution in [0.3, 0.4) is 0 Å². The van der Waals surface area contributed by atoms with Gasteiger partial charge in [-0.15, -0.1) is 0 Å².